The van der Waals surface area contributed by atoms with Crippen LogP contribution in [0.15, 0.2) is 48.5 Å². The third kappa shape index (κ3) is 3.14. The van der Waals surface area contributed by atoms with Crippen LogP contribution in [0, 0.1) is 24.7 Å². The Morgan fingerprint density at radius 3 is 1.43 bits per heavy atom. The molecule has 2 saturated carbocycles. The predicted molar refractivity (Wildman–Crippen MR) is 170 cm³/mol. The summed E-state index contributed by atoms with van der Waals surface area (Å²) in [4.78, 5) is 0. The first kappa shape index (κ1) is 26.5. The van der Waals surface area contributed by atoms with Crippen molar-refractivity contribution in [3.8, 4) is 11.4 Å². The van der Waals surface area contributed by atoms with E-state index in [0.29, 0.717) is 11.8 Å². The monoisotopic (exact) mass is 558 g/mol. The van der Waals surface area contributed by atoms with Crippen LogP contribution in [0.4, 0.5) is 0 Å². The van der Waals surface area contributed by atoms with Crippen molar-refractivity contribution in [3.63, 3.8) is 0 Å². The minimum atomic E-state index is 0.125. The van der Waals surface area contributed by atoms with E-state index in [-0.39, 0.29) is 21.7 Å². The second-order valence-electron chi connectivity index (χ2n) is 15.8. The molecule has 4 heteroatoms. The Hall–Kier alpha value is -3.14. The molecule has 0 radical (unpaired) electrons. The van der Waals surface area contributed by atoms with Crippen LogP contribution in [0.25, 0.3) is 11.4 Å². The van der Waals surface area contributed by atoms with Gasteiger partial charge < -0.3 is 0 Å². The molecule has 4 aliphatic carbocycles. The normalized spacial score (nSPS) is 29.3. The maximum atomic E-state index is 5.59. The van der Waals surface area contributed by atoms with Gasteiger partial charge in [-0.3, -0.25) is 9.36 Å². The van der Waals surface area contributed by atoms with Crippen LogP contribution in [0.2, 0.25) is 0 Å². The zero-order chi connectivity index (χ0) is 29.4. The Labute approximate surface area is 251 Å². The number of rotatable bonds is 5. The molecule has 4 atom stereocenters. The van der Waals surface area contributed by atoms with E-state index in [4.69, 9.17) is 10.2 Å². The van der Waals surface area contributed by atoms with Crippen molar-refractivity contribution in [1.29, 1.82) is 0 Å². The van der Waals surface area contributed by atoms with E-state index in [2.05, 4.69) is 113 Å². The van der Waals surface area contributed by atoms with E-state index in [1.54, 1.807) is 0 Å². The van der Waals surface area contributed by atoms with Crippen molar-refractivity contribution in [3.05, 3.63) is 93.3 Å². The van der Waals surface area contributed by atoms with Gasteiger partial charge in [0.1, 0.15) is 11.4 Å². The fourth-order valence-electron chi connectivity index (χ4n) is 10.2. The quantitative estimate of drug-likeness (QED) is 0.245. The lowest BCUT2D eigenvalue weighted by Crippen LogP contribution is -2.34. The highest BCUT2D eigenvalue weighted by atomic mass is 15.3. The Bertz CT molecular complexity index is 1640. The second kappa shape index (κ2) is 8.27. The molecule has 4 unspecified atom stereocenters. The summed E-state index contributed by atoms with van der Waals surface area (Å²) in [6, 6.07) is 17.9. The highest BCUT2D eigenvalue weighted by molar-refractivity contribution is 5.73. The Morgan fingerprint density at radius 1 is 0.643 bits per heavy atom. The summed E-state index contributed by atoms with van der Waals surface area (Å²) >= 11 is 0. The maximum absolute atomic E-state index is 5.59. The van der Waals surface area contributed by atoms with Gasteiger partial charge in [0.2, 0.25) is 0 Å². The molecule has 8 rings (SSSR count). The first-order valence-electron chi connectivity index (χ1n) is 16.2. The number of aromatic nitrogens is 4. The maximum Gasteiger partial charge on any atom is 0.117 e. The van der Waals surface area contributed by atoms with Crippen LogP contribution >= 0.6 is 0 Å². The minimum absolute atomic E-state index is 0.125. The van der Waals surface area contributed by atoms with Crippen LogP contribution in [0.3, 0.4) is 0 Å². The highest BCUT2D eigenvalue weighted by Crippen LogP contribution is 2.72. The second-order valence-corrected chi connectivity index (χ2v) is 15.8. The summed E-state index contributed by atoms with van der Waals surface area (Å²) < 4.78 is 4.79. The van der Waals surface area contributed by atoms with Crippen molar-refractivity contribution in [2.45, 2.75) is 117 Å². The summed E-state index contributed by atoms with van der Waals surface area (Å²) in [5.41, 5.74) is 14.3. The molecular formula is C38H46N4. The molecule has 4 aliphatic rings. The van der Waals surface area contributed by atoms with Gasteiger partial charge >= 0.3 is 0 Å². The van der Waals surface area contributed by atoms with Gasteiger partial charge in [-0.1, -0.05) is 101 Å². The molecule has 4 aromatic rings. The van der Waals surface area contributed by atoms with E-state index in [1.807, 2.05) is 0 Å². The SMILES string of the molecule is Cc1cccc(Cn2nc(-c3nn(Cc4cccc(C)c4)c4c3C3CCC4(C)C3(C)C)c3c2C2(C)CCC3C2(C)C)c1. The first-order valence-corrected chi connectivity index (χ1v) is 16.2. The van der Waals surface area contributed by atoms with Crippen LogP contribution in [-0.2, 0) is 23.9 Å². The van der Waals surface area contributed by atoms with E-state index in [9.17, 15) is 0 Å². The van der Waals surface area contributed by atoms with Crippen LogP contribution in [0.5, 0.6) is 0 Å². The van der Waals surface area contributed by atoms with Gasteiger partial charge in [0, 0.05) is 33.3 Å². The van der Waals surface area contributed by atoms with Crippen molar-refractivity contribution in [2.75, 3.05) is 0 Å². The van der Waals surface area contributed by atoms with Gasteiger partial charge in [-0.05, 0) is 73.3 Å². The lowest BCUT2D eigenvalue weighted by molar-refractivity contribution is 0.218. The lowest BCUT2D eigenvalue weighted by atomic mass is 9.70. The summed E-state index contributed by atoms with van der Waals surface area (Å²) in [6.07, 6.45) is 4.98. The van der Waals surface area contributed by atoms with Gasteiger partial charge in [0.15, 0.2) is 0 Å². The Kier molecular flexibility index (Phi) is 5.22. The number of nitrogens with zero attached hydrogens (tertiary/aromatic N) is 4. The summed E-state index contributed by atoms with van der Waals surface area (Å²) in [5, 5.41) is 11.2. The molecule has 0 saturated heterocycles. The fourth-order valence-corrected chi connectivity index (χ4v) is 10.2. The number of fused-ring (bicyclic) bond motifs is 10. The third-order valence-corrected chi connectivity index (χ3v) is 13.2. The van der Waals surface area contributed by atoms with Crippen LogP contribution < -0.4 is 0 Å². The molecule has 4 bridgehead atoms. The molecule has 0 N–H and O–H groups in total. The largest absolute Gasteiger partial charge is 0.264 e. The minimum Gasteiger partial charge on any atom is -0.264 e. The van der Waals surface area contributed by atoms with Crippen molar-refractivity contribution in [1.82, 2.24) is 19.6 Å². The Balaban J connectivity index is 1.36. The molecular weight excluding hydrogens is 512 g/mol. The topological polar surface area (TPSA) is 35.6 Å². The average molecular weight is 559 g/mol. The van der Waals surface area contributed by atoms with Crippen molar-refractivity contribution < 1.29 is 0 Å². The molecule has 4 nitrogen and oxygen atoms in total. The van der Waals surface area contributed by atoms with Gasteiger partial charge in [-0.15, -0.1) is 0 Å². The van der Waals surface area contributed by atoms with E-state index < -0.39 is 0 Å². The molecule has 2 fully saturated rings. The summed E-state index contributed by atoms with van der Waals surface area (Å²) in [6.45, 7) is 21.1. The Morgan fingerprint density at radius 2 is 1.05 bits per heavy atom. The summed E-state index contributed by atoms with van der Waals surface area (Å²) in [5.74, 6) is 1.05. The molecule has 2 heterocycles. The number of benzene rings is 2. The molecule has 0 spiro atoms. The van der Waals surface area contributed by atoms with Gasteiger partial charge in [0.05, 0.1) is 13.1 Å². The number of aryl methyl sites for hydroxylation is 2. The fraction of sp³-hybridized carbons (Fsp3) is 0.526. The van der Waals surface area contributed by atoms with E-state index >= 15 is 0 Å². The third-order valence-electron chi connectivity index (χ3n) is 13.2. The molecule has 2 aromatic heterocycles. The zero-order valence-electron chi connectivity index (χ0n) is 26.8. The van der Waals surface area contributed by atoms with Gasteiger partial charge in [-0.25, -0.2) is 0 Å². The molecule has 0 amide bonds. The van der Waals surface area contributed by atoms with E-state index in [1.165, 1.54) is 81.8 Å². The standard InChI is InChI=1S/C38H46N4/c1-23-11-9-13-25(19-23)21-41-33-29(27-15-17-37(33,7)35(27,3)4)31(39-41)32-30-28-16-18-38(8,36(28,5)6)34(30)42(40-32)22-26-14-10-12-24(2)20-26/h9-14,19-20,27-28H,15-18,21-22H2,1-8H3. The van der Waals surface area contributed by atoms with Crippen molar-refractivity contribution >= 4 is 0 Å². The molecule has 218 valence electrons. The molecule has 42 heavy (non-hydrogen) atoms. The van der Waals surface area contributed by atoms with Gasteiger partial charge in [-0.2, -0.15) is 10.2 Å². The molecule has 2 aromatic carbocycles. The summed E-state index contributed by atoms with van der Waals surface area (Å²) in [7, 11) is 0. The number of hydrogen-bond donors (Lipinski definition) is 0. The lowest BCUT2D eigenvalue weighted by Gasteiger charge is -2.36. The zero-order valence-corrected chi connectivity index (χ0v) is 26.8. The average Bonchev–Trinajstić information content (AvgIpc) is 3.67. The first-order chi connectivity index (χ1) is 19.9. The predicted octanol–water partition coefficient (Wildman–Crippen LogP) is 8.81. The highest BCUT2D eigenvalue weighted by Gasteiger charge is 2.65. The molecule has 0 aliphatic heterocycles. The van der Waals surface area contributed by atoms with Crippen LogP contribution in [-0.4, -0.2) is 19.6 Å². The smallest absolute Gasteiger partial charge is 0.117 e. The van der Waals surface area contributed by atoms with E-state index in [0.717, 1.165) is 13.1 Å². The number of hydrogen-bond acceptors (Lipinski definition) is 2. The van der Waals surface area contributed by atoms with Crippen LogP contribution in [0.1, 0.15) is 124 Å². The van der Waals surface area contributed by atoms with Gasteiger partial charge in [0.25, 0.3) is 0 Å². The van der Waals surface area contributed by atoms with Crippen molar-refractivity contribution in [2.24, 2.45) is 10.8 Å².